The van der Waals surface area contributed by atoms with Crippen LogP contribution in [-0.2, 0) is 10.5 Å². The van der Waals surface area contributed by atoms with Gasteiger partial charge in [0.15, 0.2) is 11.2 Å². The zero-order valence-corrected chi connectivity index (χ0v) is 11.7. The van der Waals surface area contributed by atoms with Gasteiger partial charge in [-0.15, -0.1) is 0 Å². The predicted octanol–water partition coefficient (Wildman–Crippen LogP) is -1.09. The van der Waals surface area contributed by atoms with Gasteiger partial charge in [-0.05, 0) is 13.8 Å². The molecule has 3 unspecified atom stereocenters. The van der Waals surface area contributed by atoms with E-state index < -0.39 is 23.0 Å². The van der Waals surface area contributed by atoms with Crippen molar-refractivity contribution in [2.24, 2.45) is 0 Å². The molecule has 1 aliphatic rings. The van der Waals surface area contributed by atoms with E-state index in [1.54, 1.807) is 18.4 Å². The van der Waals surface area contributed by atoms with Crippen LogP contribution in [0.3, 0.4) is 0 Å². The smallest absolute Gasteiger partial charge is 0.280 e. The molecule has 0 radical (unpaired) electrons. The Morgan fingerprint density at radius 1 is 1.62 bits per heavy atom. The van der Waals surface area contributed by atoms with Crippen molar-refractivity contribution in [3.05, 3.63) is 16.7 Å². The third-order valence-electron chi connectivity index (χ3n) is 3.98. The van der Waals surface area contributed by atoms with Crippen molar-refractivity contribution in [3.63, 3.8) is 0 Å². The number of aliphatic hydroxyl groups excluding tert-OH is 2. The van der Waals surface area contributed by atoms with Crippen LogP contribution in [0, 0.1) is 0 Å². The fourth-order valence-corrected chi connectivity index (χ4v) is 2.74. The minimum atomic E-state index is -1.09. The Morgan fingerprint density at radius 2 is 2.33 bits per heavy atom. The maximum absolute atomic E-state index is 11.8. The van der Waals surface area contributed by atoms with Gasteiger partial charge < -0.3 is 20.7 Å². The Balaban J connectivity index is 2.15. The summed E-state index contributed by atoms with van der Waals surface area (Å²) in [6, 6.07) is 0. The van der Waals surface area contributed by atoms with Gasteiger partial charge >= 0.3 is 0 Å². The summed E-state index contributed by atoms with van der Waals surface area (Å²) in [4.78, 5) is 22.3. The third kappa shape index (κ3) is 1.93. The lowest BCUT2D eigenvalue weighted by molar-refractivity contribution is -0.159. The molecule has 0 bridgehead atoms. The molecule has 114 valence electrons. The molecular formula is C12H17N5O4. The van der Waals surface area contributed by atoms with E-state index in [0.717, 1.165) is 0 Å². The first-order valence-corrected chi connectivity index (χ1v) is 6.51. The van der Waals surface area contributed by atoms with E-state index in [9.17, 15) is 15.0 Å². The predicted molar refractivity (Wildman–Crippen MR) is 73.4 cm³/mol. The number of rotatable bonds is 2. The average molecular weight is 295 g/mol. The number of nitrogens with one attached hydrogen (secondary N) is 1. The maximum atomic E-state index is 11.8. The van der Waals surface area contributed by atoms with Gasteiger partial charge in [0.1, 0.15) is 11.3 Å². The third-order valence-corrected chi connectivity index (χ3v) is 3.98. The molecule has 2 aromatic heterocycles. The highest BCUT2D eigenvalue weighted by molar-refractivity contribution is 5.70. The number of aromatic nitrogens is 4. The van der Waals surface area contributed by atoms with Crippen molar-refractivity contribution in [2.45, 2.75) is 37.7 Å². The number of ether oxygens (including phenoxy) is 1. The van der Waals surface area contributed by atoms with Crippen LogP contribution in [-0.4, -0.2) is 48.0 Å². The number of nitrogen functional groups attached to an aromatic ring is 1. The van der Waals surface area contributed by atoms with Gasteiger partial charge in [-0.25, -0.2) is 4.98 Å². The molecule has 0 aromatic carbocycles. The van der Waals surface area contributed by atoms with E-state index in [0.29, 0.717) is 0 Å². The van der Waals surface area contributed by atoms with Gasteiger partial charge in [-0.1, -0.05) is 0 Å². The molecule has 1 fully saturated rings. The molecule has 0 amide bonds. The number of H-pyrrole nitrogens is 1. The van der Waals surface area contributed by atoms with Crippen molar-refractivity contribution < 1.29 is 14.9 Å². The van der Waals surface area contributed by atoms with Gasteiger partial charge in [0.2, 0.25) is 5.95 Å². The SMILES string of the molecule is CC1(CO)OC(C)(n2cnc3c(=O)[nH]c(N)nc32)CC1O. The standard InChI is InChI=1S/C12H17N5O4/c1-11(4-18)6(19)3-12(2,21-11)17-5-14-7-8(17)15-10(13)16-9(7)20/h5-6,18-19H,3-4H2,1-2H3,(H3,13,15,16,20). The second-order valence-corrected chi connectivity index (χ2v) is 5.71. The lowest BCUT2D eigenvalue weighted by Crippen LogP contribution is -2.41. The van der Waals surface area contributed by atoms with E-state index in [1.807, 2.05) is 0 Å². The number of hydrogen-bond donors (Lipinski definition) is 4. The quantitative estimate of drug-likeness (QED) is 0.551. The summed E-state index contributed by atoms with van der Waals surface area (Å²) >= 11 is 0. The molecule has 9 nitrogen and oxygen atoms in total. The maximum Gasteiger partial charge on any atom is 0.280 e. The second kappa shape index (κ2) is 4.26. The minimum absolute atomic E-state index is 0.0266. The van der Waals surface area contributed by atoms with Crippen molar-refractivity contribution in [2.75, 3.05) is 12.3 Å². The van der Waals surface area contributed by atoms with E-state index in [1.165, 1.54) is 6.33 Å². The van der Waals surface area contributed by atoms with E-state index in [-0.39, 0.29) is 30.1 Å². The highest BCUT2D eigenvalue weighted by Gasteiger charge is 2.52. The molecule has 3 atom stereocenters. The Bertz CT molecular complexity index is 756. The first-order chi connectivity index (χ1) is 9.79. The Morgan fingerprint density at radius 3 is 2.95 bits per heavy atom. The van der Waals surface area contributed by atoms with Gasteiger partial charge in [-0.2, -0.15) is 4.98 Å². The summed E-state index contributed by atoms with van der Waals surface area (Å²) in [6.07, 6.45) is 0.788. The van der Waals surface area contributed by atoms with Crippen molar-refractivity contribution in [3.8, 4) is 0 Å². The molecule has 2 aromatic rings. The number of aliphatic hydroxyl groups is 2. The fraction of sp³-hybridized carbons (Fsp3) is 0.583. The number of nitrogens with zero attached hydrogens (tertiary/aromatic N) is 3. The van der Waals surface area contributed by atoms with Crippen molar-refractivity contribution in [1.29, 1.82) is 0 Å². The Kier molecular flexibility index (Phi) is 2.84. The number of nitrogens with two attached hydrogens (primary N) is 1. The molecule has 0 spiro atoms. The number of fused-ring (bicyclic) bond motifs is 1. The molecule has 21 heavy (non-hydrogen) atoms. The van der Waals surface area contributed by atoms with E-state index in [2.05, 4.69) is 15.0 Å². The molecule has 1 aliphatic heterocycles. The summed E-state index contributed by atoms with van der Waals surface area (Å²) in [5, 5.41) is 19.6. The molecule has 0 aliphatic carbocycles. The Hall–Kier alpha value is -1.97. The molecular weight excluding hydrogens is 278 g/mol. The summed E-state index contributed by atoms with van der Waals surface area (Å²) in [6.45, 7) is 3.03. The lowest BCUT2D eigenvalue weighted by atomic mass is 9.99. The molecule has 5 N–H and O–H groups in total. The average Bonchev–Trinajstić information content (AvgIpc) is 2.91. The van der Waals surface area contributed by atoms with E-state index >= 15 is 0 Å². The van der Waals surface area contributed by atoms with Crippen LogP contribution in [0.5, 0.6) is 0 Å². The van der Waals surface area contributed by atoms with Crippen LogP contribution in [0.2, 0.25) is 0 Å². The summed E-state index contributed by atoms with van der Waals surface area (Å²) in [7, 11) is 0. The van der Waals surface area contributed by atoms with Crippen LogP contribution < -0.4 is 11.3 Å². The highest BCUT2D eigenvalue weighted by atomic mass is 16.6. The summed E-state index contributed by atoms with van der Waals surface area (Å²) in [5.41, 5.74) is 3.46. The molecule has 9 heteroatoms. The summed E-state index contributed by atoms with van der Waals surface area (Å²) in [5.74, 6) is -0.0266. The highest BCUT2D eigenvalue weighted by Crippen LogP contribution is 2.41. The van der Waals surface area contributed by atoms with Crippen molar-refractivity contribution in [1.82, 2.24) is 19.5 Å². The topological polar surface area (TPSA) is 139 Å². The van der Waals surface area contributed by atoms with E-state index in [4.69, 9.17) is 10.5 Å². The molecule has 3 rings (SSSR count). The van der Waals surface area contributed by atoms with Crippen molar-refractivity contribution >= 4 is 17.1 Å². The number of imidazole rings is 1. The van der Waals surface area contributed by atoms with Gasteiger partial charge in [-0.3, -0.25) is 14.3 Å². The van der Waals surface area contributed by atoms with Crippen LogP contribution in [0.1, 0.15) is 20.3 Å². The normalized spacial score (nSPS) is 32.9. The molecule has 0 saturated carbocycles. The van der Waals surface area contributed by atoms with Gasteiger partial charge in [0, 0.05) is 6.42 Å². The second-order valence-electron chi connectivity index (χ2n) is 5.71. The minimum Gasteiger partial charge on any atom is -0.393 e. The zero-order chi connectivity index (χ0) is 15.4. The number of aromatic amines is 1. The van der Waals surface area contributed by atoms with Gasteiger partial charge in [0.25, 0.3) is 5.56 Å². The zero-order valence-electron chi connectivity index (χ0n) is 11.7. The molecule has 1 saturated heterocycles. The number of hydrogen-bond acceptors (Lipinski definition) is 7. The Labute approximate surface area is 119 Å². The van der Waals surface area contributed by atoms with Crippen LogP contribution in [0.4, 0.5) is 5.95 Å². The van der Waals surface area contributed by atoms with Gasteiger partial charge in [0.05, 0.1) is 19.0 Å². The first-order valence-electron chi connectivity index (χ1n) is 6.51. The fourth-order valence-electron chi connectivity index (χ4n) is 2.74. The summed E-state index contributed by atoms with van der Waals surface area (Å²) < 4.78 is 7.41. The first kappa shape index (κ1) is 14.0. The van der Waals surface area contributed by atoms with Crippen LogP contribution >= 0.6 is 0 Å². The number of anilines is 1. The monoisotopic (exact) mass is 295 g/mol. The van der Waals surface area contributed by atoms with Crippen LogP contribution in [0.15, 0.2) is 11.1 Å². The lowest BCUT2D eigenvalue weighted by Gasteiger charge is -2.30. The largest absolute Gasteiger partial charge is 0.393 e. The molecule has 3 heterocycles. The van der Waals surface area contributed by atoms with Crippen LogP contribution in [0.25, 0.3) is 11.2 Å².